The summed E-state index contributed by atoms with van der Waals surface area (Å²) < 4.78 is 30.3. The minimum atomic E-state index is -4.96. The molecule has 1 aliphatic rings. The summed E-state index contributed by atoms with van der Waals surface area (Å²) in [6.45, 7) is 0. The minimum absolute atomic E-state index is 0.307. The zero-order valence-electron chi connectivity index (χ0n) is 7.73. The number of rotatable bonds is 2. The molecule has 0 heterocycles. The predicted octanol–water partition coefficient (Wildman–Crippen LogP) is -2.00. The first-order valence-corrected chi connectivity index (χ1v) is 5.35. The van der Waals surface area contributed by atoms with Gasteiger partial charge in [0.05, 0.1) is 0 Å². The number of hydrogen-bond donors (Lipinski definition) is 5. The molecule has 0 aromatic heterocycles. The third kappa shape index (κ3) is 2.07. The SMILES string of the molecule is NC1=CC(C(=O)O)C(O)(O)C(S(=O)(=O)O)=C1. The Kier molecular flexibility index (Phi) is 2.81. The number of carboxylic acids is 1. The molecule has 6 N–H and O–H groups in total. The normalized spacial score (nSPS) is 24.6. The van der Waals surface area contributed by atoms with Crippen LogP contribution < -0.4 is 5.73 Å². The molecule has 0 bridgehead atoms. The van der Waals surface area contributed by atoms with Crippen molar-refractivity contribution in [3.8, 4) is 0 Å². The van der Waals surface area contributed by atoms with Crippen LogP contribution >= 0.6 is 0 Å². The van der Waals surface area contributed by atoms with Crippen molar-refractivity contribution in [2.24, 2.45) is 11.7 Å². The molecule has 0 saturated carbocycles. The molecule has 1 aliphatic carbocycles. The van der Waals surface area contributed by atoms with Crippen molar-refractivity contribution < 1.29 is 33.1 Å². The van der Waals surface area contributed by atoms with Crippen LogP contribution in [0.3, 0.4) is 0 Å². The first kappa shape index (κ1) is 12.6. The average molecular weight is 251 g/mol. The molecule has 16 heavy (non-hydrogen) atoms. The number of hydrogen-bond acceptors (Lipinski definition) is 6. The van der Waals surface area contributed by atoms with E-state index in [9.17, 15) is 23.4 Å². The van der Waals surface area contributed by atoms with Gasteiger partial charge in [-0.2, -0.15) is 8.42 Å². The molecule has 0 amide bonds. The van der Waals surface area contributed by atoms with E-state index < -0.39 is 32.7 Å². The molecule has 0 aromatic rings. The van der Waals surface area contributed by atoms with Crippen molar-refractivity contribution in [3.63, 3.8) is 0 Å². The molecule has 9 heteroatoms. The van der Waals surface area contributed by atoms with Crippen LogP contribution in [0, 0.1) is 5.92 Å². The van der Waals surface area contributed by atoms with Crippen LogP contribution in [0.25, 0.3) is 0 Å². The number of carbonyl (C=O) groups is 1. The summed E-state index contributed by atoms with van der Waals surface area (Å²) in [5.74, 6) is -6.90. The molecule has 0 radical (unpaired) electrons. The second kappa shape index (κ2) is 3.56. The Labute approximate surface area is 90.1 Å². The highest BCUT2D eigenvalue weighted by Crippen LogP contribution is 2.33. The van der Waals surface area contributed by atoms with Crippen LogP contribution in [-0.2, 0) is 14.9 Å². The highest BCUT2D eigenvalue weighted by atomic mass is 32.2. The van der Waals surface area contributed by atoms with Gasteiger partial charge in [-0.05, 0) is 12.2 Å². The van der Waals surface area contributed by atoms with Gasteiger partial charge in [0.25, 0.3) is 10.1 Å². The molecule has 8 nitrogen and oxygen atoms in total. The zero-order valence-corrected chi connectivity index (χ0v) is 8.55. The van der Waals surface area contributed by atoms with Crippen molar-refractivity contribution in [2.75, 3.05) is 0 Å². The molecular weight excluding hydrogens is 242 g/mol. The maximum Gasteiger partial charge on any atom is 0.316 e. The summed E-state index contributed by atoms with van der Waals surface area (Å²) in [7, 11) is -4.96. The number of carboxylic acid groups (broad SMARTS) is 1. The van der Waals surface area contributed by atoms with E-state index in [4.69, 9.17) is 15.4 Å². The molecule has 0 fully saturated rings. The van der Waals surface area contributed by atoms with E-state index >= 15 is 0 Å². The minimum Gasteiger partial charge on any atom is -0.481 e. The van der Waals surface area contributed by atoms with E-state index in [1.165, 1.54) is 0 Å². The van der Waals surface area contributed by atoms with Crippen LogP contribution in [0.2, 0.25) is 0 Å². The Balaban J connectivity index is 3.41. The number of allylic oxidation sites excluding steroid dienone is 1. The van der Waals surface area contributed by atoms with Crippen LogP contribution in [0.4, 0.5) is 0 Å². The van der Waals surface area contributed by atoms with Crippen LogP contribution in [-0.4, -0.2) is 40.0 Å². The fourth-order valence-electron chi connectivity index (χ4n) is 1.28. The van der Waals surface area contributed by atoms with E-state index in [0.29, 0.717) is 6.08 Å². The van der Waals surface area contributed by atoms with Gasteiger partial charge in [-0.1, -0.05) is 0 Å². The van der Waals surface area contributed by atoms with Gasteiger partial charge < -0.3 is 21.1 Å². The fourth-order valence-corrected chi connectivity index (χ4v) is 2.07. The monoisotopic (exact) mass is 251 g/mol. The summed E-state index contributed by atoms with van der Waals surface area (Å²) in [4.78, 5) is 9.39. The van der Waals surface area contributed by atoms with Gasteiger partial charge in [-0.25, -0.2) is 0 Å². The van der Waals surface area contributed by atoms with Gasteiger partial charge in [0, 0.05) is 5.70 Å². The lowest BCUT2D eigenvalue weighted by molar-refractivity contribution is -0.178. The fraction of sp³-hybridized carbons (Fsp3) is 0.286. The lowest BCUT2D eigenvalue weighted by Crippen LogP contribution is -2.47. The Morgan fingerprint density at radius 1 is 1.44 bits per heavy atom. The quantitative estimate of drug-likeness (QED) is 0.278. The van der Waals surface area contributed by atoms with E-state index in [1.54, 1.807) is 0 Å². The van der Waals surface area contributed by atoms with Crippen LogP contribution in [0.1, 0.15) is 0 Å². The van der Waals surface area contributed by atoms with Gasteiger partial charge in [0.15, 0.2) is 0 Å². The maximum absolute atomic E-state index is 10.8. The lowest BCUT2D eigenvalue weighted by Gasteiger charge is -2.30. The summed E-state index contributed by atoms with van der Waals surface area (Å²) in [5.41, 5.74) is 4.89. The van der Waals surface area contributed by atoms with Crippen molar-refractivity contribution in [1.82, 2.24) is 0 Å². The molecule has 1 atom stereocenters. The molecule has 0 aromatic carbocycles. The van der Waals surface area contributed by atoms with E-state index in [-0.39, 0.29) is 5.70 Å². The Hall–Kier alpha value is -1.42. The van der Waals surface area contributed by atoms with Gasteiger partial charge in [-0.3, -0.25) is 9.35 Å². The highest BCUT2D eigenvalue weighted by molar-refractivity contribution is 7.89. The van der Waals surface area contributed by atoms with Crippen molar-refractivity contribution in [3.05, 3.63) is 22.8 Å². The predicted molar refractivity (Wildman–Crippen MR) is 50.2 cm³/mol. The topological polar surface area (TPSA) is 158 Å². The maximum atomic E-state index is 10.8. The van der Waals surface area contributed by atoms with E-state index in [1.807, 2.05) is 0 Å². The Morgan fingerprint density at radius 3 is 2.31 bits per heavy atom. The molecule has 90 valence electrons. The molecule has 1 rings (SSSR count). The standard InChI is InChI=1S/C7H9NO7S/c8-3-1-4(6(9)10)7(11,12)5(2-3)16(13,14)15/h1-2,4,11-12H,8H2,(H,9,10)(H,13,14,15). The zero-order chi connectivity index (χ0) is 12.7. The molecule has 0 spiro atoms. The number of nitrogens with two attached hydrogens (primary N) is 1. The Bertz CT molecular complexity index is 487. The van der Waals surface area contributed by atoms with Gasteiger partial charge in [-0.15, -0.1) is 0 Å². The molecular formula is C7H9NO7S. The summed E-state index contributed by atoms with van der Waals surface area (Å²) >= 11 is 0. The third-order valence-corrected chi connectivity index (χ3v) is 2.97. The van der Waals surface area contributed by atoms with Gasteiger partial charge >= 0.3 is 5.97 Å². The van der Waals surface area contributed by atoms with Crippen LogP contribution in [0.5, 0.6) is 0 Å². The van der Waals surface area contributed by atoms with E-state index in [2.05, 4.69) is 0 Å². The summed E-state index contributed by atoms with van der Waals surface area (Å²) in [5, 5.41) is 27.4. The number of aliphatic carboxylic acids is 1. The van der Waals surface area contributed by atoms with Gasteiger partial charge in [0.1, 0.15) is 10.8 Å². The van der Waals surface area contributed by atoms with Gasteiger partial charge in [0.2, 0.25) is 5.79 Å². The number of aliphatic hydroxyl groups is 2. The smallest absolute Gasteiger partial charge is 0.316 e. The molecule has 0 aliphatic heterocycles. The van der Waals surface area contributed by atoms with Crippen molar-refractivity contribution in [1.29, 1.82) is 0 Å². The van der Waals surface area contributed by atoms with Crippen molar-refractivity contribution >= 4 is 16.1 Å². The first-order chi connectivity index (χ1) is 7.06. The second-order valence-corrected chi connectivity index (χ2v) is 4.58. The second-order valence-electron chi connectivity index (χ2n) is 3.19. The van der Waals surface area contributed by atoms with Crippen LogP contribution in [0.15, 0.2) is 22.8 Å². The van der Waals surface area contributed by atoms with E-state index in [0.717, 1.165) is 6.08 Å². The third-order valence-electron chi connectivity index (χ3n) is 2.00. The molecule has 1 unspecified atom stereocenters. The Morgan fingerprint density at radius 2 is 1.94 bits per heavy atom. The average Bonchev–Trinajstić information content (AvgIpc) is 2.05. The highest BCUT2D eigenvalue weighted by Gasteiger charge is 2.49. The first-order valence-electron chi connectivity index (χ1n) is 3.91. The summed E-state index contributed by atoms with van der Waals surface area (Å²) in [6, 6.07) is 0. The summed E-state index contributed by atoms with van der Waals surface area (Å²) in [6.07, 6.45) is 1.34. The lowest BCUT2D eigenvalue weighted by atomic mass is 9.92. The van der Waals surface area contributed by atoms with Crippen molar-refractivity contribution in [2.45, 2.75) is 5.79 Å². The molecule has 0 saturated heterocycles. The largest absolute Gasteiger partial charge is 0.481 e.